The third-order valence-corrected chi connectivity index (χ3v) is 3.70. The zero-order valence-electron chi connectivity index (χ0n) is 10.6. The molecule has 1 aromatic carbocycles. The van der Waals surface area contributed by atoms with Gasteiger partial charge >= 0.3 is 0 Å². The van der Waals surface area contributed by atoms with Gasteiger partial charge in [-0.15, -0.1) is 0 Å². The third-order valence-electron chi connectivity index (χ3n) is 3.70. The van der Waals surface area contributed by atoms with Crippen LogP contribution >= 0.6 is 0 Å². The van der Waals surface area contributed by atoms with E-state index in [1.165, 1.54) is 24.8 Å². The van der Waals surface area contributed by atoms with Gasteiger partial charge in [-0.25, -0.2) is 4.98 Å². The van der Waals surface area contributed by atoms with Crippen molar-refractivity contribution >= 4 is 5.82 Å². The molecule has 1 heterocycles. The second-order valence-electron chi connectivity index (χ2n) is 4.75. The van der Waals surface area contributed by atoms with Gasteiger partial charge in [0.05, 0.1) is 0 Å². The first-order valence-electron chi connectivity index (χ1n) is 6.47. The monoisotopic (exact) mass is 239 g/mol. The van der Waals surface area contributed by atoms with Crippen molar-refractivity contribution in [2.75, 3.05) is 12.4 Å². The number of benzene rings is 1. The summed E-state index contributed by atoms with van der Waals surface area (Å²) in [6.07, 6.45) is 7.49. The van der Waals surface area contributed by atoms with Crippen LogP contribution < -0.4 is 5.32 Å². The fraction of sp³-hybridized carbons (Fsp3) is 0.333. The molecule has 0 radical (unpaired) electrons. The summed E-state index contributed by atoms with van der Waals surface area (Å²) < 4.78 is 0. The highest BCUT2D eigenvalue weighted by Crippen LogP contribution is 2.37. The molecule has 1 fully saturated rings. The van der Waals surface area contributed by atoms with Gasteiger partial charge in [0.25, 0.3) is 0 Å². The van der Waals surface area contributed by atoms with Crippen LogP contribution in [-0.4, -0.2) is 17.0 Å². The molecule has 0 spiro atoms. The largest absolute Gasteiger partial charge is 0.371 e. The Bertz CT molecular complexity index is 530. The summed E-state index contributed by atoms with van der Waals surface area (Å²) in [7, 11) is 1.87. The van der Waals surface area contributed by atoms with Crippen molar-refractivity contribution in [1.82, 2.24) is 9.97 Å². The molecule has 18 heavy (non-hydrogen) atoms. The molecule has 1 aliphatic rings. The Hall–Kier alpha value is -1.90. The Labute approximate surface area is 107 Å². The number of rotatable bonds is 3. The van der Waals surface area contributed by atoms with Gasteiger partial charge < -0.3 is 5.32 Å². The second kappa shape index (κ2) is 4.77. The molecular formula is C15H17N3. The molecule has 3 nitrogen and oxygen atoms in total. The second-order valence-corrected chi connectivity index (χ2v) is 4.75. The van der Waals surface area contributed by atoms with Crippen molar-refractivity contribution in [2.24, 2.45) is 0 Å². The molecule has 1 N–H and O–H groups in total. The van der Waals surface area contributed by atoms with E-state index in [0.717, 1.165) is 23.0 Å². The lowest BCUT2D eigenvalue weighted by Crippen LogP contribution is -2.08. The molecule has 0 saturated heterocycles. The van der Waals surface area contributed by atoms with E-state index in [1.54, 1.807) is 12.4 Å². The fourth-order valence-corrected chi connectivity index (χ4v) is 2.39. The maximum atomic E-state index is 4.40. The molecule has 1 aromatic heterocycles. The van der Waals surface area contributed by atoms with Crippen molar-refractivity contribution in [3.8, 4) is 11.3 Å². The molecule has 0 unspecified atom stereocenters. The van der Waals surface area contributed by atoms with Crippen LogP contribution in [0.4, 0.5) is 5.82 Å². The highest BCUT2D eigenvalue weighted by atomic mass is 15.0. The zero-order valence-corrected chi connectivity index (χ0v) is 10.6. The van der Waals surface area contributed by atoms with Gasteiger partial charge in [-0.05, 0) is 24.3 Å². The van der Waals surface area contributed by atoms with Crippen molar-refractivity contribution in [2.45, 2.75) is 25.2 Å². The Balaban J connectivity index is 1.91. The minimum Gasteiger partial charge on any atom is -0.371 e. The highest BCUT2D eigenvalue weighted by Gasteiger charge is 2.19. The molecular weight excluding hydrogens is 222 g/mol. The smallest absolute Gasteiger partial charge is 0.152 e. The predicted octanol–water partition coefficient (Wildman–Crippen LogP) is 3.45. The maximum absolute atomic E-state index is 4.40. The average Bonchev–Trinajstić information content (AvgIpc) is 2.38. The van der Waals surface area contributed by atoms with Crippen LogP contribution in [0.2, 0.25) is 0 Å². The van der Waals surface area contributed by atoms with E-state index in [-0.39, 0.29) is 0 Å². The van der Waals surface area contributed by atoms with Crippen LogP contribution in [0, 0.1) is 0 Å². The van der Waals surface area contributed by atoms with E-state index in [2.05, 4.69) is 39.6 Å². The quantitative estimate of drug-likeness (QED) is 0.891. The Morgan fingerprint density at radius 2 is 1.78 bits per heavy atom. The molecule has 0 amide bonds. The first kappa shape index (κ1) is 11.2. The molecule has 2 aromatic rings. The van der Waals surface area contributed by atoms with Crippen LogP contribution in [0.1, 0.15) is 30.7 Å². The summed E-state index contributed by atoms with van der Waals surface area (Å²) in [4.78, 5) is 8.69. The van der Waals surface area contributed by atoms with E-state index < -0.39 is 0 Å². The summed E-state index contributed by atoms with van der Waals surface area (Å²) in [5.74, 6) is 1.61. The van der Waals surface area contributed by atoms with Gasteiger partial charge in [-0.3, -0.25) is 4.98 Å². The molecule has 3 rings (SSSR count). The minimum atomic E-state index is 0.782. The van der Waals surface area contributed by atoms with E-state index in [1.807, 2.05) is 7.05 Å². The standard InChI is InChI=1S/C15H17N3/c1-16-15-14(17-9-10-18-15)13-7-5-12(6-8-13)11-3-2-4-11/h5-11H,2-4H2,1H3,(H,16,18). The van der Waals surface area contributed by atoms with Gasteiger partial charge in [-0.2, -0.15) is 0 Å². The third kappa shape index (κ3) is 1.96. The SMILES string of the molecule is CNc1nccnc1-c1ccc(C2CCC2)cc1. The minimum absolute atomic E-state index is 0.782. The van der Waals surface area contributed by atoms with E-state index in [9.17, 15) is 0 Å². The molecule has 0 atom stereocenters. The van der Waals surface area contributed by atoms with Gasteiger partial charge in [-0.1, -0.05) is 30.7 Å². The molecule has 0 aliphatic heterocycles. The number of aromatic nitrogens is 2. The van der Waals surface area contributed by atoms with Crippen LogP contribution in [-0.2, 0) is 0 Å². The van der Waals surface area contributed by atoms with E-state index >= 15 is 0 Å². The number of nitrogens with one attached hydrogen (secondary N) is 1. The first-order valence-corrected chi connectivity index (χ1v) is 6.47. The van der Waals surface area contributed by atoms with Gasteiger partial charge in [0, 0.05) is 25.0 Å². The summed E-state index contributed by atoms with van der Waals surface area (Å²) in [6, 6.07) is 8.76. The number of hydrogen-bond donors (Lipinski definition) is 1. The summed E-state index contributed by atoms with van der Waals surface area (Å²) in [5, 5.41) is 3.08. The number of nitrogens with zero attached hydrogens (tertiary/aromatic N) is 2. The van der Waals surface area contributed by atoms with Crippen LogP contribution in [0.25, 0.3) is 11.3 Å². The molecule has 1 saturated carbocycles. The number of anilines is 1. The van der Waals surface area contributed by atoms with Crippen molar-refractivity contribution in [3.05, 3.63) is 42.2 Å². The molecule has 0 bridgehead atoms. The topological polar surface area (TPSA) is 37.8 Å². The predicted molar refractivity (Wildman–Crippen MR) is 73.6 cm³/mol. The fourth-order valence-electron chi connectivity index (χ4n) is 2.39. The van der Waals surface area contributed by atoms with Crippen molar-refractivity contribution < 1.29 is 0 Å². The normalized spacial score (nSPS) is 15.2. The van der Waals surface area contributed by atoms with Crippen LogP contribution in [0.5, 0.6) is 0 Å². The molecule has 1 aliphatic carbocycles. The number of hydrogen-bond acceptors (Lipinski definition) is 3. The van der Waals surface area contributed by atoms with Gasteiger partial charge in [0.1, 0.15) is 5.69 Å². The summed E-state index contributed by atoms with van der Waals surface area (Å²) in [6.45, 7) is 0. The van der Waals surface area contributed by atoms with Crippen LogP contribution in [0.3, 0.4) is 0 Å². The lowest BCUT2D eigenvalue weighted by molar-refractivity contribution is 0.420. The van der Waals surface area contributed by atoms with Crippen molar-refractivity contribution in [1.29, 1.82) is 0 Å². The lowest BCUT2D eigenvalue weighted by atomic mass is 9.80. The summed E-state index contributed by atoms with van der Waals surface area (Å²) >= 11 is 0. The Kier molecular flexibility index (Phi) is 2.97. The Morgan fingerprint density at radius 1 is 1.06 bits per heavy atom. The van der Waals surface area contributed by atoms with E-state index in [4.69, 9.17) is 0 Å². The van der Waals surface area contributed by atoms with Gasteiger partial charge in [0.2, 0.25) is 0 Å². The molecule has 92 valence electrons. The van der Waals surface area contributed by atoms with Crippen LogP contribution in [0.15, 0.2) is 36.7 Å². The maximum Gasteiger partial charge on any atom is 0.152 e. The van der Waals surface area contributed by atoms with Crippen molar-refractivity contribution in [3.63, 3.8) is 0 Å². The van der Waals surface area contributed by atoms with E-state index in [0.29, 0.717) is 0 Å². The summed E-state index contributed by atoms with van der Waals surface area (Å²) in [5.41, 5.74) is 3.50. The Morgan fingerprint density at radius 3 is 2.39 bits per heavy atom. The molecule has 3 heteroatoms. The lowest BCUT2D eigenvalue weighted by Gasteiger charge is -2.25. The highest BCUT2D eigenvalue weighted by molar-refractivity contribution is 5.71. The van der Waals surface area contributed by atoms with Gasteiger partial charge in [0.15, 0.2) is 5.82 Å². The first-order chi connectivity index (χ1) is 8.88. The zero-order chi connectivity index (χ0) is 12.4. The average molecular weight is 239 g/mol.